The molecule has 0 aromatic heterocycles. The molecule has 0 aliphatic rings. The summed E-state index contributed by atoms with van der Waals surface area (Å²) in [7, 11) is 0. The molecular formula is C18H18F3IN4O5. The van der Waals surface area contributed by atoms with Gasteiger partial charge in [0.15, 0.2) is 17.5 Å². The van der Waals surface area contributed by atoms with E-state index in [2.05, 4.69) is 15.3 Å². The summed E-state index contributed by atoms with van der Waals surface area (Å²) in [6, 6.07) is 4.82. The van der Waals surface area contributed by atoms with Crippen LogP contribution in [0.4, 0.5) is 24.5 Å². The molecular weight excluding hydrogens is 536 g/mol. The first-order valence-corrected chi connectivity index (χ1v) is 9.71. The predicted octanol–water partition coefficient (Wildman–Crippen LogP) is 1.73. The van der Waals surface area contributed by atoms with E-state index < -0.39 is 59.2 Å². The predicted molar refractivity (Wildman–Crippen MR) is 113 cm³/mol. The molecule has 0 atom stereocenters. The number of nitrogens with one attached hydrogen (secondary N) is 2. The van der Waals surface area contributed by atoms with Gasteiger partial charge >= 0.3 is 0 Å². The second kappa shape index (κ2) is 11.7. The van der Waals surface area contributed by atoms with E-state index in [1.807, 2.05) is 28.1 Å². The van der Waals surface area contributed by atoms with E-state index in [4.69, 9.17) is 20.8 Å². The smallest absolute Gasteiger partial charge is 0.277 e. The molecule has 0 spiro atoms. The lowest BCUT2D eigenvalue weighted by atomic mass is 10.0. The molecule has 0 fully saturated rings. The summed E-state index contributed by atoms with van der Waals surface area (Å²) >= 11 is 1.87. The number of oxime groups is 1. The highest BCUT2D eigenvalue weighted by atomic mass is 127. The quantitative estimate of drug-likeness (QED) is 0.0992. The maximum Gasteiger partial charge on any atom is 0.277 e. The molecule has 168 valence electrons. The number of rotatable bonds is 10. The fourth-order valence-electron chi connectivity index (χ4n) is 2.26. The third-order valence-electron chi connectivity index (χ3n) is 3.62. The van der Waals surface area contributed by atoms with Crippen LogP contribution in [0.25, 0.3) is 0 Å². The monoisotopic (exact) mass is 554 g/mol. The molecule has 0 saturated carbocycles. The molecule has 0 aliphatic carbocycles. The van der Waals surface area contributed by atoms with Crippen molar-refractivity contribution in [2.24, 2.45) is 10.9 Å². The van der Waals surface area contributed by atoms with Gasteiger partial charge in [-0.2, -0.15) is 0 Å². The van der Waals surface area contributed by atoms with Gasteiger partial charge in [-0.25, -0.2) is 18.7 Å². The summed E-state index contributed by atoms with van der Waals surface area (Å²) in [5.74, 6) is -5.43. The standard InChI is InChI=1S/C18H18F3IN4O5/c19-12-7-9(22)1-2-13(12)24-16-11(18(29)26-31-6-4-28)8-10(14(20)15(16)21)17(23)25-30-5-3-27/h1-2,7-8,24,27-28H,3-6H2,(H2,23,25)(H,26,29). The van der Waals surface area contributed by atoms with E-state index in [9.17, 15) is 18.0 Å². The van der Waals surface area contributed by atoms with Gasteiger partial charge in [0, 0.05) is 3.57 Å². The highest BCUT2D eigenvalue weighted by Gasteiger charge is 2.25. The zero-order valence-corrected chi connectivity index (χ0v) is 18.0. The number of carbonyl (C=O) groups is 1. The number of carbonyl (C=O) groups excluding carboxylic acids is 1. The van der Waals surface area contributed by atoms with Crippen LogP contribution in [-0.4, -0.2) is 48.4 Å². The van der Waals surface area contributed by atoms with Gasteiger partial charge in [0.25, 0.3) is 5.91 Å². The van der Waals surface area contributed by atoms with Crippen molar-refractivity contribution in [1.82, 2.24) is 5.48 Å². The maximum atomic E-state index is 14.9. The van der Waals surface area contributed by atoms with Crippen molar-refractivity contribution in [2.45, 2.75) is 0 Å². The number of hydroxylamine groups is 1. The molecule has 9 nitrogen and oxygen atoms in total. The van der Waals surface area contributed by atoms with E-state index >= 15 is 0 Å². The number of anilines is 2. The molecule has 0 heterocycles. The summed E-state index contributed by atoms with van der Waals surface area (Å²) in [5.41, 5.74) is 5.53. The van der Waals surface area contributed by atoms with Gasteiger partial charge in [-0.3, -0.25) is 9.63 Å². The van der Waals surface area contributed by atoms with Crippen molar-refractivity contribution < 1.29 is 37.9 Å². The number of aliphatic hydroxyl groups is 2. The minimum absolute atomic E-state index is 0.218. The lowest BCUT2D eigenvalue weighted by Gasteiger charge is -2.16. The van der Waals surface area contributed by atoms with E-state index in [0.29, 0.717) is 3.57 Å². The lowest BCUT2D eigenvalue weighted by Crippen LogP contribution is -2.27. The molecule has 6 N–H and O–H groups in total. The van der Waals surface area contributed by atoms with Crippen LogP contribution in [0.2, 0.25) is 0 Å². The van der Waals surface area contributed by atoms with Gasteiger partial charge in [-0.05, 0) is 46.9 Å². The number of nitrogens with zero attached hydrogens (tertiary/aromatic N) is 1. The third-order valence-corrected chi connectivity index (χ3v) is 4.29. The van der Waals surface area contributed by atoms with Gasteiger partial charge in [0.2, 0.25) is 0 Å². The van der Waals surface area contributed by atoms with E-state index in [-0.39, 0.29) is 18.9 Å². The topological polar surface area (TPSA) is 138 Å². The number of amides is 1. The third kappa shape index (κ3) is 6.43. The molecule has 31 heavy (non-hydrogen) atoms. The number of nitrogens with two attached hydrogens (primary N) is 1. The van der Waals surface area contributed by atoms with E-state index in [1.165, 1.54) is 12.1 Å². The first-order valence-electron chi connectivity index (χ1n) is 8.63. The molecule has 2 aromatic rings. The zero-order chi connectivity index (χ0) is 23.0. The largest absolute Gasteiger partial charge is 0.394 e. The Kier molecular flexibility index (Phi) is 9.29. The van der Waals surface area contributed by atoms with Crippen LogP contribution in [0.3, 0.4) is 0 Å². The zero-order valence-electron chi connectivity index (χ0n) is 15.8. The van der Waals surface area contributed by atoms with Crippen molar-refractivity contribution in [1.29, 1.82) is 0 Å². The highest BCUT2D eigenvalue weighted by molar-refractivity contribution is 14.1. The molecule has 1 amide bonds. The van der Waals surface area contributed by atoms with Crippen LogP contribution in [-0.2, 0) is 9.68 Å². The normalized spacial score (nSPS) is 11.4. The van der Waals surface area contributed by atoms with Gasteiger partial charge in [-0.15, -0.1) is 0 Å². The van der Waals surface area contributed by atoms with Crippen molar-refractivity contribution in [3.8, 4) is 0 Å². The summed E-state index contributed by atoms with van der Waals surface area (Å²) in [6.45, 7) is -1.33. The Bertz CT molecular complexity index is 978. The van der Waals surface area contributed by atoms with Crippen molar-refractivity contribution in [3.63, 3.8) is 0 Å². The van der Waals surface area contributed by atoms with Crippen LogP contribution in [0.5, 0.6) is 0 Å². The van der Waals surface area contributed by atoms with Crippen molar-refractivity contribution in [2.75, 3.05) is 31.7 Å². The summed E-state index contributed by atoms with van der Waals surface area (Å²) in [4.78, 5) is 21.8. The van der Waals surface area contributed by atoms with Crippen LogP contribution in [0.15, 0.2) is 29.4 Å². The number of hydrogen-bond donors (Lipinski definition) is 5. The average Bonchev–Trinajstić information content (AvgIpc) is 2.73. The van der Waals surface area contributed by atoms with Gasteiger partial charge in [0.05, 0.1) is 42.3 Å². The fourth-order valence-corrected chi connectivity index (χ4v) is 2.71. The number of halogens is 4. The maximum absolute atomic E-state index is 14.9. The number of amidine groups is 1. The lowest BCUT2D eigenvalue weighted by molar-refractivity contribution is 0.0168. The molecule has 0 bridgehead atoms. The Balaban J connectivity index is 2.54. The summed E-state index contributed by atoms with van der Waals surface area (Å²) in [6.07, 6.45) is 0. The van der Waals surface area contributed by atoms with Crippen LogP contribution >= 0.6 is 22.6 Å². The molecule has 0 radical (unpaired) electrons. The van der Waals surface area contributed by atoms with E-state index in [0.717, 1.165) is 12.1 Å². The average molecular weight is 554 g/mol. The number of aliphatic hydroxyl groups excluding tert-OH is 2. The second-order valence-corrected chi connectivity index (χ2v) is 7.01. The van der Waals surface area contributed by atoms with Gasteiger partial charge < -0.3 is 26.1 Å². The van der Waals surface area contributed by atoms with Crippen LogP contribution < -0.4 is 16.5 Å². The second-order valence-electron chi connectivity index (χ2n) is 5.76. The van der Waals surface area contributed by atoms with Crippen molar-refractivity contribution in [3.05, 3.63) is 56.4 Å². The Hall–Kier alpha value is -2.62. The minimum atomic E-state index is -1.54. The number of hydrogen-bond acceptors (Lipinski definition) is 7. The van der Waals surface area contributed by atoms with Crippen molar-refractivity contribution >= 4 is 45.7 Å². The van der Waals surface area contributed by atoms with Crippen LogP contribution in [0.1, 0.15) is 15.9 Å². The molecule has 2 rings (SSSR count). The van der Waals surface area contributed by atoms with E-state index in [1.54, 1.807) is 0 Å². The SMILES string of the molecule is N/C(=N\OCCO)c1cc(C(=O)NOCCO)c(Nc2ccc(I)cc2F)c(F)c1F. The molecule has 13 heteroatoms. The number of benzene rings is 2. The first kappa shape index (κ1) is 24.6. The molecule has 0 aliphatic heterocycles. The molecule has 0 unspecified atom stereocenters. The molecule has 2 aromatic carbocycles. The first-order chi connectivity index (χ1) is 14.8. The molecule has 0 saturated heterocycles. The Morgan fingerprint density at radius 2 is 1.81 bits per heavy atom. The Morgan fingerprint density at radius 1 is 1.10 bits per heavy atom. The van der Waals surface area contributed by atoms with Crippen LogP contribution in [0, 0.1) is 21.0 Å². The van der Waals surface area contributed by atoms with Gasteiger partial charge in [-0.1, -0.05) is 5.16 Å². The van der Waals surface area contributed by atoms with Gasteiger partial charge in [0.1, 0.15) is 12.4 Å². The minimum Gasteiger partial charge on any atom is -0.394 e. The summed E-state index contributed by atoms with van der Waals surface area (Å²) < 4.78 is 44.3. The Morgan fingerprint density at radius 3 is 2.45 bits per heavy atom. The fraction of sp³-hybridized carbons (Fsp3) is 0.222. The summed E-state index contributed by atoms with van der Waals surface area (Å²) in [5, 5.41) is 23.2. The Labute approximate surface area is 188 Å². The highest BCUT2D eigenvalue weighted by Crippen LogP contribution is 2.30.